The van der Waals surface area contributed by atoms with Crippen LogP contribution in [0.5, 0.6) is 0 Å². The molecule has 154 valence electrons. The van der Waals surface area contributed by atoms with Crippen molar-refractivity contribution in [3.8, 4) is 0 Å². The summed E-state index contributed by atoms with van der Waals surface area (Å²) in [6.07, 6.45) is 1.15. The number of nitrogens with zero attached hydrogens (tertiary/aromatic N) is 3. The highest BCUT2D eigenvalue weighted by atomic mass is 35.5. The van der Waals surface area contributed by atoms with Gasteiger partial charge in [0.1, 0.15) is 6.33 Å². The van der Waals surface area contributed by atoms with E-state index < -0.39 is 16.5 Å². The molecule has 3 rings (SSSR count). The lowest BCUT2D eigenvalue weighted by Gasteiger charge is -2.11. The molecular formula is C19H16Cl2N6O3. The average Bonchev–Trinajstić information content (AvgIpc) is 2.71. The number of aryl methyl sites for hydroxylation is 1. The predicted octanol–water partition coefficient (Wildman–Crippen LogP) is 4.37. The van der Waals surface area contributed by atoms with Gasteiger partial charge in [-0.2, -0.15) is 0 Å². The Bertz CT molecular complexity index is 1090. The van der Waals surface area contributed by atoms with Crippen LogP contribution in [0.1, 0.15) is 21.5 Å². The molecule has 0 fully saturated rings. The monoisotopic (exact) mass is 446 g/mol. The van der Waals surface area contributed by atoms with Crippen LogP contribution < -0.4 is 16.2 Å². The molecule has 0 unspecified atom stereocenters. The molecule has 30 heavy (non-hydrogen) atoms. The number of benzene rings is 2. The maximum atomic E-state index is 12.3. The second kappa shape index (κ2) is 9.38. The van der Waals surface area contributed by atoms with Crippen LogP contribution in [0.2, 0.25) is 10.0 Å². The maximum absolute atomic E-state index is 12.3. The average molecular weight is 447 g/mol. The van der Waals surface area contributed by atoms with Crippen LogP contribution in [0.4, 0.5) is 17.3 Å². The smallest absolute Gasteiger partial charge is 0.354 e. The van der Waals surface area contributed by atoms with Crippen molar-refractivity contribution >= 4 is 46.4 Å². The van der Waals surface area contributed by atoms with Gasteiger partial charge >= 0.3 is 5.69 Å². The number of hydrogen-bond acceptors (Lipinski definition) is 7. The van der Waals surface area contributed by atoms with E-state index in [1.54, 1.807) is 0 Å². The van der Waals surface area contributed by atoms with Gasteiger partial charge in [0.15, 0.2) is 0 Å². The molecule has 9 nitrogen and oxygen atoms in total. The van der Waals surface area contributed by atoms with E-state index in [1.807, 2.05) is 31.2 Å². The summed E-state index contributed by atoms with van der Waals surface area (Å²) in [4.78, 5) is 31.1. The SMILES string of the molecule is Cc1ccc(CNc2ncnc(NNC(=O)c3ccc(Cl)cc3Cl)c2[N+](=O)[O-])cc1. The molecule has 0 aliphatic carbocycles. The zero-order valence-electron chi connectivity index (χ0n) is 15.6. The molecule has 2 aromatic carbocycles. The molecule has 0 aliphatic rings. The molecule has 0 saturated heterocycles. The number of carbonyl (C=O) groups is 1. The fourth-order valence-corrected chi connectivity index (χ4v) is 3.02. The van der Waals surface area contributed by atoms with Crippen molar-refractivity contribution in [3.63, 3.8) is 0 Å². The number of anilines is 2. The van der Waals surface area contributed by atoms with Gasteiger partial charge in [0.25, 0.3) is 5.91 Å². The standard InChI is InChI=1S/C19H16Cl2N6O3/c1-11-2-4-12(5-3-11)9-22-17-16(27(29)30)18(24-10-23-17)25-26-19(28)14-7-6-13(20)8-15(14)21/h2-8,10H,9H2,1H3,(H,26,28)(H2,22,23,24,25). The number of nitrogens with one attached hydrogen (secondary N) is 3. The Morgan fingerprint density at radius 3 is 2.47 bits per heavy atom. The Balaban J connectivity index is 1.76. The molecule has 1 aromatic heterocycles. The van der Waals surface area contributed by atoms with Crippen molar-refractivity contribution in [1.29, 1.82) is 0 Å². The number of amides is 1. The van der Waals surface area contributed by atoms with E-state index in [0.717, 1.165) is 17.5 Å². The summed E-state index contributed by atoms with van der Waals surface area (Å²) >= 11 is 11.8. The van der Waals surface area contributed by atoms with Gasteiger partial charge in [-0.25, -0.2) is 9.97 Å². The van der Waals surface area contributed by atoms with Crippen molar-refractivity contribution < 1.29 is 9.72 Å². The first-order valence-electron chi connectivity index (χ1n) is 8.65. The highest BCUT2D eigenvalue weighted by Crippen LogP contribution is 2.29. The Labute approximate surface area is 181 Å². The van der Waals surface area contributed by atoms with E-state index in [1.165, 1.54) is 18.2 Å². The third-order valence-electron chi connectivity index (χ3n) is 4.06. The minimum absolute atomic E-state index is 0.0110. The number of nitro groups is 1. The van der Waals surface area contributed by atoms with Crippen molar-refractivity contribution in [1.82, 2.24) is 15.4 Å². The zero-order valence-corrected chi connectivity index (χ0v) is 17.2. The highest BCUT2D eigenvalue weighted by Gasteiger charge is 2.23. The minimum Gasteiger partial charge on any atom is -0.360 e. The van der Waals surface area contributed by atoms with Crippen LogP contribution >= 0.6 is 23.2 Å². The van der Waals surface area contributed by atoms with Gasteiger partial charge in [-0.05, 0) is 30.7 Å². The Kier molecular flexibility index (Phi) is 6.65. The first kappa shape index (κ1) is 21.3. The van der Waals surface area contributed by atoms with Gasteiger partial charge < -0.3 is 5.32 Å². The summed E-state index contributed by atoms with van der Waals surface area (Å²) in [6.45, 7) is 2.29. The van der Waals surface area contributed by atoms with E-state index >= 15 is 0 Å². The number of carbonyl (C=O) groups excluding carboxylic acids is 1. The third-order valence-corrected chi connectivity index (χ3v) is 4.60. The summed E-state index contributed by atoms with van der Waals surface area (Å²) in [7, 11) is 0. The van der Waals surface area contributed by atoms with Gasteiger partial charge in [0.2, 0.25) is 11.6 Å². The van der Waals surface area contributed by atoms with Crippen LogP contribution in [-0.2, 0) is 6.54 Å². The Morgan fingerprint density at radius 2 is 1.80 bits per heavy atom. The topological polar surface area (TPSA) is 122 Å². The molecule has 0 saturated carbocycles. The molecule has 1 amide bonds. The van der Waals surface area contributed by atoms with Gasteiger partial charge in [0, 0.05) is 11.6 Å². The largest absolute Gasteiger partial charge is 0.360 e. The Morgan fingerprint density at radius 1 is 1.10 bits per heavy atom. The van der Waals surface area contributed by atoms with E-state index in [-0.39, 0.29) is 22.2 Å². The molecule has 0 bridgehead atoms. The fourth-order valence-electron chi connectivity index (χ4n) is 2.52. The number of hydrazine groups is 1. The summed E-state index contributed by atoms with van der Waals surface area (Å²) < 4.78 is 0. The quantitative estimate of drug-likeness (QED) is 0.363. The summed E-state index contributed by atoms with van der Waals surface area (Å²) in [5.74, 6) is -0.782. The Hall–Kier alpha value is -3.43. The normalized spacial score (nSPS) is 10.4. The van der Waals surface area contributed by atoms with Gasteiger partial charge in [-0.15, -0.1) is 0 Å². The molecule has 1 heterocycles. The minimum atomic E-state index is -0.638. The summed E-state index contributed by atoms with van der Waals surface area (Å²) in [5, 5.41) is 15.0. The third kappa shape index (κ3) is 5.13. The molecule has 3 N–H and O–H groups in total. The number of rotatable bonds is 7. The van der Waals surface area contributed by atoms with Crippen molar-refractivity contribution in [2.45, 2.75) is 13.5 Å². The second-order valence-electron chi connectivity index (χ2n) is 6.22. The first-order valence-corrected chi connectivity index (χ1v) is 9.41. The van der Waals surface area contributed by atoms with Crippen LogP contribution in [0, 0.1) is 17.0 Å². The molecule has 11 heteroatoms. The van der Waals surface area contributed by atoms with Crippen LogP contribution in [-0.4, -0.2) is 20.8 Å². The molecule has 0 spiro atoms. The lowest BCUT2D eigenvalue weighted by Crippen LogP contribution is -2.30. The molecule has 0 atom stereocenters. The van der Waals surface area contributed by atoms with Crippen molar-refractivity contribution in [3.05, 3.63) is 85.6 Å². The second-order valence-corrected chi connectivity index (χ2v) is 7.06. The molecule has 0 aliphatic heterocycles. The van der Waals surface area contributed by atoms with E-state index in [2.05, 4.69) is 26.1 Å². The number of halogens is 2. The van der Waals surface area contributed by atoms with Crippen LogP contribution in [0.15, 0.2) is 48.8 Å². The number of aromatic nitrogens is 2. The van der Waals surface area contributed by atoms with E-state index in [9.17, 15) is 14.9 Å². The lowest BCUT2D eigenvalue weighted by atomic mass is 10.1. The summed E-state index contributed by atoms with van der Waals surface area (Å²) in [6, 6.07) is 12.0. The van der Waals surface area contributed by atoms with Gasteiger partial charge in [-0.3, -0.25) is 25.8 Å². The van der Waals surface area contributed by atoms with Gasteiger partial charge in [0.05, 0.1) is 15.5 Å². The van der Waals surface area contributed by atoms with E-state index in [0.29, 0.717) is 11.6 Å². The van der Waals surface area contributed by atoms with Crippen molar-refractivity contribution in [2.75, 3.05) is 10.7 Å². The van der Waals surface area contributed by atoms with Crippen LogP contribution in [0.25, 0.3) is 0 Å². The van der Waals surface area contributed by atoms with Gasteiger partial charge in [-0.1, -0.05) is 53.0 Å². The van der Waals surface area contributed by atoms with Crippen molar-refractivity contribution in [2.24, 2.45) is 0 Å². The molecule has 0 radical (unpaired) electrons. The zero-order chi connectivity index (χ0) is 21.7. The molecular weight excluding hydrogens is 431 g/mol. The fraction of sp³-hybridized carbons (Fsp3) is 0.105. The van der Waals surface area contributed by atoms with Crippen LogP contribution in [0.3, 0.4) is 0 Å². The highest BCUT2D eigenvalue weighted by molar-refractivity contribution is 6.36. The summed E-state index contributed by atoms with van der Waals surface area (Å²) in [5.41, 5.74) is 6.56. The number of hydrogen-bond donors (Lipinski definition) is 3. The molecule has 3 aromatic rings. The lowest BCUT2D eigenvalue weighted by molar-refractivity contribution is -0.383. The van der Waals surface area contributed by atoms with E-state index in [4.69, 9.17) is 23.2 Å². The maximum Gasteiger partial charge on any atom is 0.354 e. The first-order chi connectivity index (χ1) is 14.3. The predicted molar refractivity (Wildman–Crippen MR) is 115 cm³/mol.